The van der Waals surface area contributed by atoms with Crippen molar-refractivity contribution in [3.05, 3.63) is 48.3 Å². The molecule has 1 amide bonds. The lowest BCUT2D eigenvalue weighted by Crippen LogP contribution is -2.45. The van der Waals surface area contributed by atoms with E-state index in [9.17, 15) is 18.0 Å². The van der Waals surface area contributed by atoms with Gasteiger partial charge in [-0.2, -0.15) is 9.40 Å². The molecule has 0 bridgehead atoms. The zero-order chi connectivity index (χ0) is 23.0. The second-order valence-electron chi connectivity index (χ2n) is 7.25. The van der Waals surface area contributed by atoms with E-state index in [0.29, 0.717) is 19.6 Å². The van der Waals surface area contributed by atoms with Crippen molar-refractivity contribution in [2.45, 2.75) is 45.2 Å². The van der Waals surface area contributed by atoms with Gasteiger partial charge in [-0.1, -0.05) is 33.8 Å². The van der Waals surface area contributed by atoms with Gasteiger partial charge in [0.15, 0.2) is 0 Å². The van der Waals surface area contributed by atoms with Gasteiger partial charge in [-0.25, -0.2) is 13.2 Å². The highest BCUT2D eigenvalue weighted by molar-refractivity contribution is 7.89. The zero-order valence-electron chi connectivity index (χ0n) is 18.3. The Kier molecular flexibility index (Phi) is 8.76. The number of ether oxygens (including phenoxy) is 1. The van der Waals surface area contributed by atoms with E-state index in [0.717, 1.165) is 0 Å². The van der Waals surface area contributed by atoms with Gasteiger partial charge in [0.25, 0.3) is 5.91 Å². The number of carbonyl (C=O) groups excluding carboxylic acids is 2. The Balaban J connectivity index is 2.09. The summed E-state index contributed by atoms with van der Waals surface area (Å²) in [7, 11) is -3.70. The van der Waals surface area contributed by atoms with Crippen LogP contribution in [-0.4, -0.2) is 60.1 Å². The standard InChI is InChI=1S/C21H30N4O5S/c1-5-25(6-2)31(28,29)18-10-7-9-17(15-18)20(26)23-19(16(3)4)21(27)30-14-13-24-12-8-11-22-24/h7-12,15-16,19H,5-6,13-14H2,1-4H3,(H,23,26)/t19-/m0/s1. The third kappa shape index (κ3) is 6.38. The Bertz CT molecular complexity index is 969. The number of amides is 1. The van der Waals surface area contributed by atoms with Crippen molar-refractivity contribution < 1.29 is 22.7 Å². The molecule has 1 N–H and O–H groups in total. The summed E-state index contributed by atoms with van der Waals surface area (Å²) < 4.78 is 33.7. The molecule has 1 aromatic heterocycles. The molecular formula is C21H30N4O5S. The molecule has 10 heteroatoms. The third-order valence-electron chi connectivity index (χ3n) is 4.77. The van der Waals surface area contributed by atoms with Crippen LogP contribution in [0, 0.1) is 5.92 Å². The van der Waals surface area contributed by atoms with Gasteiger partial charge in [-0.3, -0.25) is 9.48 Å². The lowest BCUT2D eigenvalue weighted by atomic mass is 10.0. The van der Waals surface area contributed by atoms with E-state index in [-0.39, 0.29) is 23.0 Å². The topological polar surface area (TPSA) is 111 Å². The molecule has 1 aromatic carbocycles. The first kappa shape index (κ1) is 24.5. The number of hydrogen-bond acceptors (Lipinski definition) is 6. The van der Waals surface area contributed by atoms with Crippen molar-refractivity contribution in [3.8, 4) is 0 Å². The monoisotopic (exact) mass is 450 g/mol. The van der Waals surface area contributed by atoms with Gasteiger partial charge in [0, 0.05) is 31.0 Å². The fourth-order valence-corrected chi connectivity index (χ4v) is 4.50. The number of aromatic nitrogens is 2. The average molecular weight is 451 g/mol. The predicted molar refractivity (Wildman–Crippen MR) is 116 cm³/mol. The van der Waals surface area contributed by atoms with Crippen LogP contribution in [0.15, 0.2) is 47.6 Å². The van der Waals surface area contributed by atoms with Crippen LogP contribution >= 0.6 is 0 Å². The summed E-state index contributed by atoms with van der Waals surface area (Å²) in [4.78, 5) is 25.3. The van der Waals surface area contributed by atoms with Gasteiger partial charge in [-0.15, -0.1) is 0 Å². The predicted octanol–water partition coefficient (Wildman–Crippen LogP) is 1.91. The molecule has 2 rings (SSSR count). The Labute approximate surface area is 183 Å². The number of benzene rings is 1. The fourth-order valence-electron chi connectivity index (χ4n) is 2.99. The summed E-state index contributed by atoms with van der Waals surface area (Å²) in [6.07, 6.45) is 3.39. The minimum atomic E-state index is -3.70. The minimum absolute atomic E-state index is 0.0340. The highest BCUT2D eigenvalue weighted by atomic mass is 32.2. The van der Waals surface area contributed by atoms with Gasteiger partial charge >= 0.3 is 5.97 Å². The number of nitrogens with one attached hydrogen (secondary N) is 1. The van der Waals surface area contributed by atoms with E-state index in [1.54, 1.807) is 50.8 Å². The number of sulfonamides is 1. The molecule has 0 saturated carbocycles. The Morgan fingerprint density at radius 2 is 1.90 bits per heavy atom. The normalized spacial score (nSPS) is 12.7. The van der Waals surface area contributed by atoms with Crippen LogP contribution < -0.4 is 5.32 Å². The van der Waals surface area contributed by atoms with Crippen molar-refractivity contribution in [3.63, 3.8) is 0 Å². The van der Waals surface area contributed by atoms with E-state index in [2.05, 4.69) is 10.4 Å². The smallest absolute Gasteiger partial charge is 0.328 e. The minimum Gasteiger partial charge on any atom is -0.462 e. The van der Waals surface area contributed by atoms with E-state index in [1.165, 1.54) is 28.6 Å². The van der Waals surface area contributed by atoms with Crippen molar-refractivity contribution >= 4 is 21.9 Å². The number of nitrogens with zero attached hydrogens (tertiary/aromatic N) is 3. The summed E-state index contributed by atoms with van der Waals surface area (Å²) in [5.74, 6) is -1.31. The first-order chi connectivity index (χ1) is 14.7. The summed E-state index contributed by atoms with van der Waals surface area (Å²) in [6, 6.07) is 6.70. The summed E-state index contributed by atoms with van der Waals surface area (Å²) in [6.45, 7) is 8.28. The molecular weight excluding hydrogens is 420 g/mol. The fraction of sp³-hybridized carbons (Fsp3) is 0.476. The number of esters is 1. The SMILES string of the molecule is CCN(CC)S(=O)(=O)c1cccc(C(=O)N[C@H](C(=O)OCCn2cccn2)C(C)C)c1. The first-order valence-corrected chi connectivity index (χ1v) is 11.7. The summed E-state index contributed by atoms with van der Waals surface area (Å²) in [5.41, 5.74) is 0.156. The molecule has 1 heterocycles. The number of hydrogen-bond donors (Lipinski definition) is 1. The Morgan fingerprint density at radius 3 is 2.48 bits per heavy atom. The molecule has 0 spiro atoms. The van der Waals surface area contributed by atoms with Crippen LogP contribution in [0.5, 0.6) is 0 Å². The van der Waals surface area contributed by atoms with Gasteiger partial charge in [0.2, 0.25) is 10.0 Å². The van der Waals surface area contributed by atoms with E-state index in [1.807, 2.05) is 0 Å². The van der Waals surface area contributed by atoms with Crippen molar-refractivity contribution in [1.29, 1.82) is 0 Å². The second-order valence-corrected chi connectivity index (χ2v) is 9.19. The molecule has 0 aliphatic heterocycles. The number of carbonyl (C=O) groups is 2. The van der Waals surface area contributed by atoms with Crippen LogP contribution in [-0.2, 0) is 26.1 Å². The highest BCUT2D eigenvalue weighted by Crippen LogP contribution is 2.17. The molecule has 31 heavy (non-hydrogen) atoms. The molecule has 2 aromatic rings. The zero-order valence-corrected chi connectivity index (χ0v) is 19.1. The van der Waals surface area contributed by atoms with Crippen LogP contribution in [0.3, 0.4) is 0 Å². The molecule has 1 atom stereocenters. The molecule has 9 nitrogen and oxygen atoms in total. The van der Waals surface area contributed by atoms with Gasteiger partial charge in [0.1, 0.15) is 12.6 Å². The maximum absolute atomic E-state index is 12.8. The first-order valence-electron chi connectivity index (χ1n) is 10.3. The molecule has 0 aliphatic rings. The molecule has 0 radical (unpaired) electrons. The molecule has 0 saturated heterocycles. The van der Waals surface area contributed by atoms with E-state index >= 15 is 0 Å². The molecule has 0 fully saturated rings. The Hall–Kier alpha value is -2.72. The van der Waals surface area contributed by atoms with Crippen LogP contribution in [0.25, 0.3) is 0 Å². The number of rotatable bonds is 11. The van der Waals surface area contributed by atoms with E-state index < -0.39 is 27.9 Å². The van der Waals surface area contributed by atoms with Gasteiger partial charge in [-0.05, 0) is 30.2 Å². The molecule has 170 valence electrons. The largest absolute Gasteiger partial charge is 0.462 e. The van der Waals surface area contributed by atoms with Gasteiger partial charge in [0.05, 0.1) is 11.4 Å². The Morgan fingerprint density at radius 1 is 1.19 bits per heavy atom. The van der Waals surface area contributed by atoms with Gasteiger partial charge < -0.3 is 10.1 Å². The van der Waals surface area contributed by atoms with Crippen LogP contribution in [0.4, 0.5) is 0 Å². The molecule has 0 unspecified atom stereocenters. The molecule has 0 aliphatic carbocycles. The summed E-state index contributed by atoms with van der Waals surface area (Å²) >= 11 is 0. The summed E-state index contributed by atoms with van der Waals surface area (Å²) in [5, 5.41) is 6.70. The maximum Gasteiger partial charge on any atom is 0.328 e. The maximum atomic E-state index is 12.8. The average Bonchev–Trinajstić information content (AvgIpc) is 3.25. The highest BCUT2D eigenvalue weighted by Gasteiger charge is 2.27. The van der Waals surface area contributed by atoms with Crippen molar-refractivity contribution in [2.75, 3.05) is 19.7 Å². The van der Waals surface area contributed by atoms with Crippen molar-refractivity contribution in [1.82, 2.24) is 19.4 Å². The second kappa shape index (κ2) is 11.1. The lowest BCUT2D eigenvalue weighted by Gasteiger charge is -2.21. The third-order valence-corrected chi connectivity index (χ3v) is 6.82. The van der Waals surface area contributed by atoms with Crippen molar-refractivity contribution in [2.24, 2.45) is 5.92 Å². The van der Waals surface area contributed by atoms with E-state index in [4.69, 9.17) is 4.74 Å². The van der Waals surface area contributed by atoms with Crippen LogP contribution in [0.2, 0.25) is 0 Å². The quantitative estimate of drug-likeness (QED) is 0.524. The van der Waals surface area contributed by atoms with Crippen LogP contribution in [0.1, 0.15) is 38.1 Å². The lowest BCUT2D eigenvalue weighted by molar-refractivity contribution is -0.147.